The van der Waals surface area contributed by atoms with Crippen LogP contribution in [0.15, 0.2) is 77.9 Å². The Hall–Kier alpha value is -3.65. The maximum atomic E-state index is 13.8. The SMILES string of the molecule is O=C(c1ccccc1)c1ccc2nc(N=C(F)OC(F)F)c(-c3cccc(Cl)c3)n2c1. The number of pyridine rings is 1. The number of alkyl halides is 2. The third kappa shape index (κ3) is 4.44. The monoisotopic (exact) mass is 443 g/mol. The first-order valence-electron chi connectivity index (χ1n) is 8.99. The molecule has 0 atom stereocenters. The van der Waals surface area contributed by atoms with Gasteiger partial charge in [0.25, 0.3) is 0 Å². The number of hydrogen-bond acceptors (Lipinski definition) is 4. The Bertz CT molecular complexity index is 1290. The fraction of sp³-hybridized carbons (Fsp3) is 0.0455. The van der Waals surface area contributed by atoms with Crippen molar-refractivity contribution >= 4 is 35.0 Å². The second-order valence-corrected chi connectivity index (χ2v) is 6.82. The van der Waals surface area contributed by atoms with Gasteiger partial charge in [-0.15, -0.1) is 4.39 Å². The van der Waals surface area contributed by atoms with Crippen LogP contribution < -0.4 is 0 Å². The van der Waals surface area contributed by atoms with Crippen LogP contribution in [0.4, 0.5) is 19.0 Å². The molecule has 0 N–H and O–H groups in total. The molecule has 0 radical (unpaired) electrons. The maximum Gasteiger partial charge on any atom is 0.390 e. The van der Waals surface area contributed by atoms with Crippen LogP contribution in [0.3, 0.4) is 0 Å². The molecule has 0 aliphatic heterocycles. The number of ketones is 1. The number of rotatable bonds is 5. The van der Waals surface area contributed by atoms with Crippen molar-refractivity contribution in [2.75, 3.05) is 0 Å². The predicted octanol–water partition coefficient (Wildman–Crippen LogP) is 6.08. The molecule has 2 aromatic carbocycles. The van der Waals surface area contributed by atoms with E-state index in [4.69, 9.17) is 11.6 Å². The van der Waals surface area contributed by atoms with Crippen molar-refractivity contribution in [2.45, 2.75) is 6.61 Å². The molecule has 4 aromatic rings. The fourth-order valence-electron chi connectivity index (χ4n) is 3.09. The molecule has 4 rings (SSSR count). The van der Waals surface area contributed by atoms with Gasteiger partial charge in [0.1, 0.15) is 5.65 Å². The Morgan fingerprint density at radius 2 is 1.81 bits per heavy atom. The summed E-state index contributed by atoms with van der Waals surface area (Å²) in [6.07, 6.45) is -0.207. The standard InChI is InChI=1S/C22H13ClF3N3O2/c23-16-8-4-7-14(11-16)18-20(28-22(26)31-21(24)25)27-17-10-9-15(12-29(17)18)19(30)13-5-2-1-3-6-13/h1-12,21H. The largest absolute Gasteiger partial charge is 0.393 e. The molecular formula is C22H13ClF3N3O2. The normalized spacial score (nSPS) is 11.8. The van der Waals surface area contributed by atoms with Gasteiger partial charge in [-0.25, -0.2) is 4.98 Å². The van der Waals surface area contributed by atoms with Crippen molar-refractivity contribution in [3.05, 3.63) is 89.1 Å². The molecule has 0 fully saturated rings. The number of carbonyl (C=O) groups is 1. The summed E-state index contributed by atoms with van der Waals surface area (Å²) in [6.45, 7) is -3.37. The summed E-state index contributed by atoms with van der Waals surface area (Å²) in [7, 11) is 0. The second-order valence-electron chi connectivity index (χ2n) is 6.38. The van der Waals surface area contributed by atoms with Gasteiger partial charge in [-0.1, -0.05) is 54.1 Å². The number of aliphatic imine (C=N–C) groups is 1. The van der Waals surface area contributed by atoms with E-state index in [0.29, 0.717) is 27.4 Å². The summed E-state index contributed by atoms with van der Waals surface area (Å²) < 4.78 is 43.7. The zero-order chi connectivity index (χ0) is 22.0. The van der Waals surface area contributed by atoms with Crippen LogP contribution in [0.2, 0.25) is 5.02 Å². The number of carbonyl (C=O) groups excluding carboxylic acids is 1. The van der Waals surface area contributed by atoms with Crippen LogP contribution in [0.25, 0.3) is 16.9 Å². The molecule has 0 spiro atoms. The smallest absolute Gasteiger partial charge is 0.390 e. The van der Waals surface area contributed by atoms with E-state index in [1.807, 2.05) is 0 Å². The van der Waals surface area contributed by atoms with Gasteiger partial charge in [0.15, 0.2) is 11.6 Å². The first-order chi connectivity index (χ1) is 14.9. The molecule has 0 aliphatic rings. The lowest BCUT2D eigenvalue weighted by atomic mass is 10.1. The highest BCUT2D eigenvalue weighted by Crippen LogP contribution is 2.33. The predicted molar refractivity (Wildman–Crippen MR) is 111 cm³/mol. The van der Waals surface area contributed by atoms with E-state index in [-0.39, 0.29) is 17.3 Å². The Balaban J connectivity index is 1.90. The van der Waals surface area contributed by atoms with E-state index in [0.717, 1.165) is 0 Å². The number of imidazole rings is 1. The fourth-order valence-corrected chi connectivity index (χ4v) is 3.28. The molecule has 0 saturated heterocycles. The van der Waals surface area contributed by atoms with Gasteiger partial charge >= 0.3 is 12.8 Å². The quantitative estimate of drug-likeness (QED) is 0.213. The van der Waals surface area contributed by atoms with Gasteiger partial charge in [-0.05, 0) is 24.3 Å². The van der Waals surface area contributed by atoms with Crippen LogP contribution in [0.1, 0.15) is 15.9 Å². The lowest BCUT2D eigenvalue weighted by molar-refractivity contribution is -0.0688. The number of fused-ring (bicyclic) bond motifs is 1. The van der Waals surface area contributed by atoms with Crippen LogP contribution >= 0.6 is 11.6 Å². The van der Waals surface area contributed by atoms with Crippen molar-refractivity contribution in [2.24, 2.45) is 4.99 Å². The first kappa shape index (κ1) is 20.6. The van der Waals surface area contributed by atoms with Crippen molar-refractivity contribution in [3.63, 3.8) is 0 Å². The van der Waals surface area contributed by atoms with Crippen LogP contribution in [-0.2, 0) is 4.74 Å². The number of benzene rings is 2. The van der Waals surface area contributed by atoms with Crippen LogP contribution in [0.5, 0.6) is 0 Å². The van der Waals surface area contributed by atoms with Gasteiger partial charge in [-0.2, -0.15) is 13.8 Å². The van der Waals surface area contributed by atoms with E-state index < -0.39 is 12.8 Å². The summed E-state index contributed by atoms with van der Waals surface area (Å²) in [5.41, 5.74) is 1.91. The molecule has 0 unspecified atom stereocenters. The van der Waals surface area contributed by atoms with E-state index >= 15 is 0 Å². The minimum absolute atomic E-state index is 0.204. The van der Waals surface area contributed by atoms with E-state index in [1.165, 1.54) is 10.6 Å². The number of ether oxygens (including phenoxy) is 1. The highest BCUT2D eigenvalue weighted by molar-refractivity contribution is 6.30. The Morgan fingerprint density at radius 1 is 1.03 bits per heavy atom. The minimum Gasteiger partial charge on any atom is -0.393 e. The molecule has 0 saturated carbocycles. The lowest BCUT2D eigenvalue weighted by Gasteiger charge is -2.07. The summed E-state index contributed by atoms with van der Waals surface area (Å²) in [5, 5.41) is 0.392. The molecule has 9 heteroatoms. The number of hydrogen-bond donors (Lipinski definition) is 0. The van der Waals surface area contributed by atoms with Crippen molar-refractivity contribution < 1.29 is 22.7 Å². The van der Waals surface area contributed by atoms with Crippen molar-refractivity contribution in [1.82, 2.24) is 9.38 Å². The molecule has 0 bridgehead atoms. The summed E-state index contributed by atoms with van der Waals surface area (Å²) in [4.78, 5) is 20.5. The zero-order valence-electron chi connectivity index (χ0n) is 15.7. The second kappa shape index (κ2) is 8.61. The Kier molecular flexibility index (Phi) is 5.73. The van der Waals surface area contributed by atoms with Crippen LogP contribution in [-0.4, -0.2) is 27.9 Å². The zero-order valence-corrected chi connectivity index (χ0v) is 16.4. The van der Waals surface area contributed by atoms with Gasteiger partial charge in [0.05, 0.1) is 5.69 Å². The molecule has 0 aliphatic carbocycles. The molecule has 2 aromatic heterocycles. The third-order valence-corrected chi connectivity index (χ3v) is 4.61. The summed E-state index contributed by atoms with van der Waals surface area (Å²) >= 11 is 6.08. The molecular weight excluding hydrogens is 431 g/mol. The highest BCUT2D eigenvalue weighted by atomic mass is 35.5. The molecule has 5 nitrogen and oxygen atoms in total. The van der Waals surface area contributed by atoms with Gasteiger partial charge in [0.2, 0.25) is 0 Å². The highest BCUT2D eigenvalue weighted by Gasteiger charge is 2.19. The first-order valence-corrected chi connectivity index (χ1v) is 9.37. The average molecular weight is 444 g/mol. The van der Waals surface area contributed by atoms with Gasteiger partial charge in [-0.3, -0.25) is 9.20 Å². The summed E-state index contributed by atoms with van der Waals surface area (Å²) in [6, 6.07) is 18.3. The molecule has 156 valence electrons. The van der Waals surface area contributed by atoms with Crippen LogP contribution in [0, 0.1) is 0 Å². The van der Waals surface area contributed by atoms with E-state index in [1.54, 1.807) is 66.7 Å². The minimum atomic E-state index is -3.37. The van der Waals surface area contributed by atoms with E-state index in [2.05, 4.69) is 14.7 Å². The maximum absolute atomic E-state index is 13.8. The lowest BCUT2D eigenvalue weighted by Crippen LogP contribution is -2.04. The Morgan fingerprint density at radius 3 is 2.52 bits per heavy atom. The number of nitrogens with zero attached hydrogens (tertiary/aromatic N) is 3. The van der Waals surface area contributed by atoms with Gasteiger partial charge < -0.3 is 4.74 Å². The third-order valence-electron chi connectivity index (χ3n) is 4.38. The van der Waals surface area contributed by atoms with E-state index in [9.17, 15) is 18.0 Å². The number of halogens is 4. The van der Waals surface area contributed by atoms with Crippen molar-refractivity contribution in [1.29, 1.82) is 0 Å². The average Bonchev–Trinajstić information content (AvgIpc) is 3.10. The number of aromatic nitrogens is 2. The summed E-state index contributed by atoms with van der Waals surface area (Å²) in [5.74, 6) is -0.435. The molecule has 31 heavy (non-hydrogen) atoms. The molecule has 0 amide bonds. The topological polar surface area (TPSA) is 56.0 Å². The van der Waals surface area contributed by atoms with Crippen molar-refractivity contribution in [3.8, 4) is 11.3 Å². The Labute approximate surface area is 179 Å². The molecule has 2 heterocycles. The van der Waals surface area contributed by atoms with Gasteiger partial charge in [0, 0.05) is 27.9 Å².